The van der Waals surface area contributed by atoms with Crippen LogP contribution in [-0.4, -0.2) is 21.6 Å². The highest BCUT2D eigenvalue weighted by Crippen LogP contribution is 2.27. The van der Waals surface area contributed by atoms with E-state index < -0.39 is 0 Å². The summed E-state index contributed by atoms with van der Waals surface area (Å²) in [5.41, 5.74) is 3.96. The van der Waals surface area contributed by atoms with Gasteiger partial charge in [0.25, 0.3) is 0 Å². The molecule has 0 amide bonds. The monoisotopic (exact) mass is 225 g/mol. The fourth-order valence-corrected chi connectivity index (χ4v) is 1.94. The second-order valence-corrected chi connectivity index (χ2v) is 3.78. The molecule has 0 aliphatic heterocycles. The highest BCUT2D eigenvalue weighted by atomic mass is 35.5. The molecule has 0 aliphatic rings. The maximum atomic E-state index is 6.06. The van der Waals surface area contributed by atoms with Gasteiger partial charge in [0.15, 0.2) is 5.15 Å². The molecule has 0 saturated carbocycles. The van der Waals surface area contributed by atoms with E-state index in [1.165, 1.54) is 6.33 Å². The molecule has 2 heterocycles. The first-order valence-corrected chi connectivity index (χ1v) is 4.99. The first-order chi connectivity index (χ1) is 7.16. The molecule has 80 valence electrons. The summed E-state index contributed by atoms with van der Waals surface area (Å²) in [6, 6.07) is 0. The van der Waals surface area contributed by atoms with Gasteiger partial charge in [-0.15, -0.1) is 0 Å². The van der Waals surface area contributed by atoms with Crippen LogP contribution in [0.25, 0.3) is 11.0 Å². The number of hydrogen-bond donors (Lipinski definition) is 0. The van der Waals surface area contributed by atoms with Gasteiger partial charge in [0.1, 0.15) is 18.6 Å². The second kappa shape index (κ2) is 3.79. The molecule has 0 N–H and O–H groups in total. The fourth-order valence-electron chi connectivity index (χ4n) is 1.70. The standard InChI is InChI=1S/C10H12ClN3O/c1-6-7(2)14(5-15-3)9-8(6)12-4-13-10(9)11/h4H,5H2,1-3H3. The number of ether oxygens (including phenoxy) is 1. The molecule has 0 spiro atoms. The lowest BCUT2D eigenvalue weighted by molar-refractivity contribution is 0.133. The van der Waals surface area contributed by atoms with E-state index in [0.717, 1.165) is 22.3 Å². The molecular formula is C10H12ClN3O. The average molecular weight is 226 g/mol. The minimum Gasteiger partial charge on any atom is -0.364 e. The maximum absolute atomic E-state index is 6.06. The van der Waals surface area contributed by atoms with Crippen molar-refractivity contribution in [3.63, 3.8) is 0 Å². The quantitative estimate of drug-likeness (QED) is 0.737. The molecule has 2 aromatic rings. The molecule has 0 unspecified atom stereocenters. The lowest BCUT2D eigenvalue weighted by atomic mass is 10.2. The van der Waals surface area contributed by atoms with Gasteiger partial charge in [0.2, 0.25) is 0 Å². The zero-order valence-electron chi connectivity index (χ0n) is 8.91. The van der Waals surface area contributed by atoms with Crippen molar-refractivity contribution in [3.8, 4) is 0 Å². The Bertz CT molecular complexity index is 507. The van der Waals surface area contributed by atoms with Crippen LogP contribution in [0.5, 0.6) is 0 Å². The van der Waals surface area contributed by atoms with Gasteiger partial charge in [-0.3, -0.25) is 0 Å². The predicted octanol–water partition coefficient (Wildman–Crippen LogP) is 2.31. The van der Waals surface area contributed by atoms with E-state index in [1.807, 2.05) is 18.4 Å². The summed E-state index contributed by atoms with van der Waals surface area (Å²) in [4.78, 5) is 8.22. The molecule has 2 rings (SSSR count). The smallest absolute Gasteiger partial charge is 0.156 e. The lowest BCUT2D eigenvalue weighted by Gasteiger charge is -2.06. The van der Waals surface area contributed by atoms with Crippen molar-refractivity contribution in [2.45, 2.75) is 20.6 Å². The molecule has 4 nitrogen and oxygen atoms in total. The number of halogens is 1. The maximum Gasteiger partial charge on any atom is 0.156 e. The largest absolute Gasteiger partial charge is 0.364 e. The second-order valence-electron chi connectivity index (χ2n) is 3.42. The van der Waals surface area contributed by atoms with Crippen LogP contribution in [0.2, 0.25) is 5.15 Å². The first kappa shape index (κ1) is 10.4. The molecule has 0 aromatic carbocycles. The van der Waals surface area contributed by atoms with E-state index >= 15 is 0 Å². The van der Waals surface area contributed by atoms with Crippen molar-refractivity contribution in [1.82, 2.24) is 14.5 Å². The summed E-state index contributed by atoms with van der Waals surface area (Å²) < 4.78 is 7.11. The zero-order chi connectivity index (χ0) is 11.0. The van der Waals surface area contributed by atoms with Gasteiger partial charge in [0, 0.05) is 12.8 Å². The average Bonchev–Trinajstić information content (AvgIpc) is 2.46. The Morgan fingerprint density at radius 1 is 1.40 bits per heavy atom. The summed E-state index contributed by atoms with van der Waals surface area (Å²) in [6.45, 7) is 4.50. The third kappa shape index (κ3) is 1.50. The number of aryl methyl sites for hydroxylation is 1. The molecule has 15 heavy (non-hydrogen) atoms. The van der Waals surface area contributed by atoms with Gasteiger partial charge in [-0.2, -0.15) is 0 Å². The van der Waals surface area contributed by atoms with Crippen LogP contribution < -0.4 is 0 Å². The summed E-state index contributed by atoms with van der Waals surface area (Å²) in [6.07, 6.45) is 1.48. The van der Waals surface area contributed by atoms with Crippen molar-refractivity contribution >= 4 is 22.6 Å². The first-order valence-electron chi connectivity index (χ1n) is 4.61. The van der Waals surface area contributed by atoms with Crippen molar-refractivity contribution < 1.29 is 4.74 Å². The Labute approximate surface area is 92.8 Å². The minimum atomic E-state index is 0.462. The van der Waals surface area contributed by atoms with Crippen LogP contribution in [0.1, 0.15) is 11.3 Å². The Balaban J connectivity index is 2.82. The number of aromatic nitrogens is 3. The summed E-state index contributed by atoms with van der Waals surface area (Å²) in [5.74, 6) is 0. The van der Waals surface area contributed by atoms with Gasteiger partial charge in [-0.25, -0.2) is 9.97 Å². The van der Waals surface area contributed by atoms with E-state index in [1.54, 1.807) is 7.11 Å². The highest BCUT2D eigenvalue weighted by Gasteiger charge is 2.14. The molecule has 0 atom stereocenters. The van der Waals surface area contributed by atoms with Crippen LogP contribution in [0.4, 0.5) is 0 Å². The number of rotatable bonds is 2. The van der Waals surface area contributed by atoms with Crippen molar-refractivity contribution in [2.75, 3.05) is 7.11 Å². The lowest BCUT2D eigenvalue weighted by Crippen LogP contribution is -2.02. The normalized spacial score (nSPS) is 11.2. The predicted molar refractivity (Wildman–Crippen MR) is 59.0 cm³/mol. The van der Waals surface area contributed by atoms with E-state index in [4.69, 9.17) is 16.3 Å². The SMILES string of the molecule is COCn1c(C)c(C)c2ncnc(Cl)c21. The Morgan fingerprint density at radius 2 is 2.13 bits per heavy atom. The summed E-state index contributed by atoms with van der Waals surface area (Å²) in [5, 5.41) is 0.466. The number of fused-ring (bicyclic) bond motifs is 1. The van der Waals surface area contributed by atoms with E-state index in [0.29, 0.717) is 11.9 Å². The van der Waals surface area contributed by atoms with Crippen LogP contribution >= 0.6 is 11.6 Å². The zero-order valence-corrected chi connectivity index (χ0v) is 9.67. The summed E-state index contributed by atoms with van der Waals surface area (Å²) >= 11 is 6.06. The van der Waals surface area contributed by atoms with Gasteiger partial charge in [-0.05, 0) is 19.4 Å². The van der Waals surface area contributed by atoms with Crippen molar-refractivity contribution in [3.05, 3.63) is 22.7 Å². The summed E-state index contributed by atoms with van der Waals surface area (Å²) in [7, 11) is 1.65. The molecule has 0 bridgehead atoms. The number of hydrogen-bond acceptors (Lipinski definition) is 3. The van der Waals surface area contributed by atoms with Gasteiger partial charge in [-0.1, -0.05) is 11.6 Å². The Morgan fingerprint density at radius 3 is 2.80 bits per heavy atom. The minimum absolute atomic E-state index is 0.462. The molecule has 0 fully saturated rings. The van der Waals surface area contributed by atoms with Crippen LogP contribution in [-0.2, 0) is 11.5 Å². The van der Waals surface area contributed by atoms with E-state index in [9.17, 15) is 0 Å². The van der Waals surface area contributed by atoms with Crippen LogP contribution in [0.3, 0.4) is 0 Å². The van der Waals surface area contributed by atoms with Crippen LogP contribution in [0, 0.1) is 13.8 Å². The molecule has 0 saturated heterocycles. The molecule has 0 aliphatic carbocycles. The third-order valence-corrected chi connectivity index (χ3v) is 2.89. The Kier molecular flexibility index (Phi) is 2.63. The van der Waals surface area contributed by atoms with Crippen molar-refractivity contribution in [1.29, 1.82) is 0 Å². The number of nitrogens with zero attached hydrogens (tertiary/aromatic N) is 3. The van der Waals surface area contributed by atoms with E-state index in [2.05, 4.69) is 9.97 Å². The fraction of sp³-hybridized carbons (Fsp3) is 0.400. The molecule has 5 heteroatoms. The topological polar surface area (TPSA) is 39.9 Å². The number of methoxy groups -OCH3 is 1. The van der Waals surface area contributed by atoms with E-state index in [-0.39, 0.29) is 0 Å². The highest BCUT2D eigenvalue weighted by molar-refractivity contribution is 6.33. The molecule has 0 radical (unpaired) electrons. The Hall–Kier alpha value is -1.13. The van der Waals surface area contributed by atoms with Crippen LogP contribution in [0.15, 0.2) is 6.33 Å². The molecular weight excluding hydrogens is 214 g/mol. The molecule has 2 aromatic heterocycles. The van der Waals surface area contributed by atoms with Gasteiger partial charge >= 0.3 is 0 Å². The van der Waals surface area contributed by atoms with Gasteiger partial charge in [0.05, 0.1) is 5.52 Å². The van der Waals surface area contributed by atoms with Gasteiger partial charge < -0.3 is 9.30 Å². The third-order valence-electron chi connectivity index (χ3n) is 2.61. The van der Waals surface area contributed by atoms with Crippen molar-refractivity contribution in [2.24, 2.45) is 0 Å².